The Balaban J connectivity index is 1.95. The molecule has 0 bridgehead atoms. The summed E-state index contributed by atoms with van der Waals surface area (Å²) in [5.74, 6) is 0.321. The fourth-order valence-corrected chi connectivity index (χ4v) is 3.98. The number of para-hydroxylation sites is 1. The molecule has 1 heterocycles. The van der Waals surface area contributed by atoms with Crippen molar-refractivity contribution in [2.75, 3.05) is 16.4 Å². The van der Waals surface area contributed by atoms with Gasteiger partial charge in [0.05, 0.1) is 5.75 Å². The minimum Gasteiger partial charge on any atom is -0.358 e. The molecule has 1 aromatic heterocycles. The molecule has 0 aliphatic heterocycles. The van der Waals surface area contributed by atoms with Crippen molar-refractivity contribution < 1.29 is 4.79 Å². The van der Waals surface area contributed by atoms with E-state index in [1.165, 1.54) is 34.2 Å². The summed E-state index contributed by atoms with van der Waals surface area (Å²) < 4.78 is 0.799. The number of aromatic nitrogens is 2. The summed E-state index contributed by atoms with van der Waals surface area (Å²) in [4.78, 5) is 12.3. The van der Waals surface area contributed by atoms with Gasteiger partial charge in [-0.1, -0.05) is 55.1 Å². The van der Waals surface area contributed by atoms with Gasteiger partial charge in [-0.3, -0.25) is 4.79 Å². The molecule has 24 heavy (non-hydrogen) atoms. The Morgan fingerprint density at radius 1 is 1.21 bits per heavy atom. The van der Waals surface area contributed by atoms with E-state index >= 15 is 0 Å². The Hall–Kier alpha value is -1.60. The summed E-state index contributed by atoms with van der Waals surface area (Å²) in [6.07, 6.45) is 1.80. The van der Waals surface area contributed by atoms with Gasteiger partial charge in [0.1, 0.15) is 0 Å². The van der Waals surface area contributed by atoms with Crippen molar-refractivity contribution in [2.45, 2.75) is 50.9 Å². The maximum absolute atomic E-state index is 12.3. The zero-order valence-electron chi connectivity index (χ0n) is 14.5. The first-order chi connectivity index (χ1) is 11.5. The minimum atomic E-state index is -0.0100. The van der Waals surface area contributed by atoms with E-state index < -0.39 is 0 Å². The Kier molecular flexibility index (Phi) is 7.05. The molecule has 1 amide bonds. The second-order valence-corrected chi connectivity index (χ2v) is 7.87. The van der Waals surface area contributed by atoms with Crippen LogP contribution >= 0.6 is 23.1 Å². The normalized spacial score (nSPS) is 10.9. The van der Waals surface area contributed by atoms with Gasteiger partial charge in [-0.2, -0.15) is 0 Å². The Morgan fingerprint density at radius 2 is 1.88 bits per heavy atom. The maximum atomic E-state index is 12.3. The highest BCUT2D eigenvalue weighted by Crippen LogP contribution is 2.27. The maximum Gasteiger partial charge on any atom is 0.234 e. The average molecular weight is 365 g/mol. The zero-order chi connectivity index (χ0) is 17.5. The zero-order valence-corrected chi connectivity index (χ0v) is 16.2. The lowest BCUT2D eigenvalue weighted by atomic mass is 10.0. The molecule has 1 aromatic carbocycles. The lowest BCUT2D eigenvalue weighted by Crippen LogP contribution is -2.16. The number of benzene rings is 1. The van der Waals surface area contributed by atoms with E-state index in [1.807, 2.05) is 6.07 Å². The number of amides is 1. The minimum absolute atomic E-state index is 0.0100. The first-order valence-corrected chi connectivity index (χ1v) is 9.97. The SMILES string of the molecule is CCc1cccc(CC)c1NC(=O)CSc1nnc(NC(C)C)s1. The van der Waals surface area contributed by atoms with Crippen LogP contribution in [0.3, 0.4) is 0 Å². The Labute approximate surface area is 151 Å². The van der Waals surface area contributed by atoms with Crippen LogP contribution in [0.4, 0.5) is 10.8 Å². The smallest absolute Gasteiger partial charge is 0.234 e. The predicted molar refractivity (Wildman–Crippen MR) is 103 cm³/mol. The number of carbonyl (C=O) groups excluding carboxylic acids is 1. The molecule has 2 N–H and O–H groups in total. The summed E-state index contributed by atoms with van der Waals surface area (Å²) in [7, 11) is 0. The van der Waals surface area contributed by atoms with Gasteiger partial charge < -0.3 is 10.6 Å². The number of carbonyl (C=O) groups is 1. The number of thioether (sulfide) groups is 1. The molecule has 0 aliphatic rings. The Morgan fingerprint density at radius 3 is 2.46 bits per heavy atom. The van der Waals surface area contributed by atoms with Crippen molar-refractivity contribution in [3.63, 3.8) is 0 Å². The molecule has 0 saturated heterocycles. The molecular weight excluding hydrogens is 340 g/mol. The van der Waals surface area contributed by atoms with E-state index in [0.717, 1.165) is 28.0 Å². The fraction of sp³-hybridized carbons (Fsp3) is 0.471. The molecule has 5 nitrogen and oxygen atoms in total. The summed E-state index contributed by atoms with van der Waals surface area (Å²) in [6, 6.07) is 6.50. The van der Waals surface area contributed by atoms with Crippen molar-refractivity contribution in [1.29, 1.82) is 0 Å². The van der Waals surface area contributed by atoms with Gasteiger partial charge in [-0.05, 0) is 37.8 Å². The van der Waals surface area contributed by atoms with Crippen LogP contribution in [0.25, 0.3) is 0 Å². The predicted octanol–water partition coefficient (Wildman–Crippen LogP) is 4.21. The molecule has 130 valence electrons. The van der Waals surface area contributed by atoms with Crippen molar-refractivity contribution >= 4 is 39.8 Å². The van der Waals surface area contributed by atoms with Crippen LogP contribution in [-0.4, -0.2) is 27.9 Å². The van der Waals surface area contributed by atoms with Crippen molar-refractivity contribution in [2.24, 2.45) is 0 Å². The molecule has 7 heteroatoms. The summed E-state index contributed by atoms with van der Waals surface area (Å²) in [5, 5.41) is 15.3. The second-order valence-electron chi connectivity index (χ2n) is 5.67. The van der Waals surface area contributed by atoms with E-state index in [-0.39, 0.29) is 5.91 Å². The standard InChI is InChI=1S/C17H24N4OS2/c1-5-12-8-7-9-13(6-2)15(12)19-14(22)10-23-17-21-20-16(24-17)18-11(3)4/h7-9,11H,5-6,10H2,1-4H3,(H,18,20)(H,19,22). The highest BCUT2D eigenvalue weighted by molar-refractivity contribution is 8.01. The van der Waals surface area contributed by atoms with Gasteiger partial charge in [0, 0.05) is 11.7 Å². The molecule has 2 rings (SSSR count). The van der Waals surface area contributed by atoms with Crippen molar-refractivity contribution in [3.8, 4) is 0 Å². The highest BCUT2D eigenvalue weighted by Gasteiger charge is 2.12. The number of nitrogens with zero attached hydrogens (tertiary/aromatic N) is 2. The number of rotatable bonds is 8. The number of anilines is 2. The van der Waals surface area contributed by atoms with Crippen LogP contribution in [0.5, 0.6) is 0 Å². The van der Waals surface area contributed by atoms with Crippen LogP contribution in [0.2, 0.25) is 0 Å². The Bertz CT molecular complexity index is 663. The van der Waals surface area contributed by atoms with Crippen LogP contribution in [0, 0.1) is 0 Å². The first kappa shape index (κ1) is 18.7. The lowest BCUT2D eigenvalue weighted by molar-refractivity contribution is -0.113. The molecule has 0 spiro atoms. The van der Waals surface area contributed by atoms with Crippen LogP contribution in [0.1, 0.15) is 38.8 Å². The number of hydrogen-bond acceptors (Lipinski definition) is 6. The number of hydrogen-bond donors (Lipinski definition) is 2. The van der Waals surface area contributed by atoms with E-state index in [9.17, 15) is 4.79 Å². The van der Waals surface area contributed by atoms with E-state index in [2.05, 4.69) is 60.7 Å². The van der Waals surface area contributed by atoms with Gasteiger partial charge in [0.2, 0.25) is 11.0 Å². The van der Waals surface area contributed by atoms with Crippen LogP contribution < -0.4 is 10.6 Å². The van der Waals surface area contributed by atoms with Crippen molar-refractivity contribution in [3.05, 3.63) is 29.3 Å². The summed E-state index contributed by atoms with van der Waals surface area (Å²) in [5.41, 5.74) is 3.31. The van der Waals surface area contributed by atoms with Gasteiger partial charge in [0.15, 0.2) is 4.34 Å². The third kappa shape index (κ3) is 5.21. The first-order valence-electron chi connectivity index (χ1n) is 8.16. The monoisotopic (exact) mass is 364 g/mol. The highest BCUT2D eigenvalue weighted by atomic mass is 32.2. The second kappa shape index (κ2) is 9.03. The number of nitrogens with one attached hydrogen (secondary N) is 2. The van der Waals surface area contributed by atoms with E-state index in [0.29, 0.717) is 11.8 Å². The number of aryl methyl sites for hydroxylation is 2. The molecule has 0 radical (unpaired) electrons. The molecule has 0 aliphatic carbocycles. The molecule has 0 fully saturated rings. The molecule has 0 atom stereocenters. The third-order valence-electron chi connectivity index (χ3n) is 3.41. The molecule has 0 unspecified atom stereocenters. The fourth-order valence-electron chi connectivity index (χ4n) is 2.28. The lowest BCUT2D eigenvalue weighted by Gasteiger charge is -2.14. The summed E-state index contributed by atoms with van der Waals surface area (Å²) >= 11 is 2.89. The van der Waals surface area contributed by atoms with Gasteiger partial charge in [-0.25, -0.2) is 0 Å². The van der Waals surface area contributed by atoms with Crippen LogP contribution in [0.15, 0.2) is 22.5 Å². The van der Waals surface area contributed by atoms with Crippen molar-refractivity contribution in [1.82, 2.24) is 10.2 Å². The summed E-state index contributed by atoms with van der Waals surface area (Å²) in [6.45, 7) is 8.31. The average Bonchev–Trinajstić information content (AvgIpc) is 2.99. The third-order valence-corrected chi connectivity index (χ3v) is 5.40. The topological polar surface area (TPSA) is 66.9 Å². The van der Waals surface area contributed by atoms with Crippen LogP contribution in [-0.2, 0) is 17.6 Å². The molecule has 0 saturated carbocycles. The molecular formula is C17H24N4OS2. The van der Waals surface area contributed by atoms with E-state index in [1.54, 1.807) is 0 Å². The largest absolute Gasteiger partial charge is 0.358 e. The van der Waals surface area contributed by atoms with Gasteiger partial charge >= 0.3 is 0 Å². The van der Waals surface area contributed by atoms with Gasteiger partial charge in [0.25, 0.3) is 0 Å². The quantitative estimate of drug-likeness (QED) is 0.687. The van der Waals surface area contributed by atoms with Gasteiger partial charge in [-0.15, -0.1) is 10.2 Å². The molecule has 2 aromatic rings. The van der Waals surface area contributed by atoms with E-state index in [4.69, 9.17) is 0 Å².